The van der Waals surface area contributed by atoms with E-state index in [-0.39, 0.29) is 6.61 Å². The summed E-state index contributed by atoms with van der Waals surface area (Å²) in [5, 5.41) is 13.1. The molecule has 118 valence electrons. The van der Waals surface area contributed by atoms with Gasteiger partial charge in [-0.05, 0) is 53.2 Å². The van der Waals surface area contributed by atoms with E-state index in [9.17, 15) is 4.79 Å². The molecule has 0 radical (unpaired) electrons. The summed E-state index contributed by atoms with van der Waals surface area (Å²) in [6.45, 7) is 1.59. The second-order valence-electron chi connectivity index (χ2n) is 4.38. The summed E-state index contributed by atoms with van der Waals surface area (Å²) in [5.74, 6) is -0.0412. The van der Waals surface area contributed by atoms with E-state index in [1.54, 1.807) is 18.2 Å². The molecular formula is C15H11Br2N3O2S. The molecule has 0 aliphatic carbocycles. The Morgan fingerprint density at radius 2 is 2.17 bits per heavy atom. The molecule has 0 unspecified atom stereocenters. The molecule has 1 N–H and O–H groups in total. The average molecular weight is 457 g/mol. The Morgan fingerprint density at radius 3 is 2.83 bits per heavy atom. The molecular weight excluding hydrogens is 446 g/mol. The molecule has 0 spiro atoms. The van der Waals surface area contributed by atoms with Gasteiger partial charge >= 0.3 is 0 Å². The summed E-state index contributed by atoms with van der Waals surface area (Å²) < 4.78 is 7.13. The molecule has 23 heavy (non-hydrogen) atoms. The summed E-state index contributed by atoms with van der Waals surface area (Å²) in [6.07, 6.45) is 0. The van der Waals surface area contributed by atoms with Crippen LogP contribution in [0.15, 0.2) is 43.7 Å². The van der Waals surface area contributed by atoms with E-state index < -0.39 is 5.91 Å². The second-order valence-corrected chi connectivity index (χ2v) is 7.76. The topological polar surface area (TPSA) is 74.5 Å². The van der Waals surface area contributed by atoms with Gasteiger partial charge in [-0.2, -0.15) is 10.4 Å². The summed E-state index contributed by atoms with van der Waals surface area (Å²) >= 11 is 8.18. The number of ether oxygens (including phenoxy) is 1. The number of carbonyl (C=O) groups is 1. The Kier molecular flexibility index (Phi) is 6.33. The first-order chi connectivity index (χ1) is 11.0. The fourth-order valence-corrected chi connectivity index (χ4v) is 3.29. The minimum atomic E-state index is -0.396. The molecule has 0 fully saturated rings. The zero-order valence-corrected chi connectivity index (χ0v) is 16.0. The number of thiophene rings is 1. The molecule has 0 saturated heterocycles. The quantitative estimate of drug-likeness (QED) is 0.544. The fourth-order valence-electron chi connectivity index (χ4n) is 1.60. The molecule has 2 aromatic rings. The summed E-state index contributed by atoms with van der Waals surface area (Å²) in [7, 11) is 0. The Morgan fingerprint density at radius 1 is 1.39 bits per heavy atom. The van der Waals surface area contributed by atoms with Crippen molar-refractivity contribution in [3.63, 3.8) is 0 Å². The summed E-state index contributed by atoms with van der Waals surface area (Å²) in [6, 6.07) is 10.9. The van der Waals surface area contributed by atoms with Gasteiger partial charge in [-0.25, -0.2) is 5.43 Å². The van der Waals surface area contributed by atoms with Gasteiger partial charge in [0.2, 0.25) is 0 Å². The first-order valence-electron chi connectivity index (χ1n) is 6.41. The lowest BCUT2D eigenvalue weighted by Gasteiger charge is -2.07. The van der Waals surface area contributed by atoms with Crippen molar-refractivity contribution in [3.05, 3.63) is 49.0 Å². The normalized spacial score (nSPS) is 11.0. The number of carbonyl (C=O) groups excluding carboxylic acids is 1. The van der Waals surface area contributed by atoms with E-state index in [1.807, 2.05) is 25.1 Å². The smallest absolute Gasteiger partial charge is 0.277 e. The largest absolute Gasteiger partial charge is 0.482 e. The lowest BCUT2D eigenvalue weighted by Crippen LogP contribution is -2.25. The molecule has 8 heteroatoms. The lowest BCUT2D eigenvalue weighted by atomic mass is 10.2. The van der Waals surface area contributed by atoms with Crippen LogP contribution in [0.3, 0.4) is 0 Å². The molecule has 2 rings (SSSR count). The minimum Gasteiger partial charge on any atom is -0.482 e. The predicted octanol–water partition coefficient (Wildman–Crippen LogP) is 4.06. The number of amides is 1. The molecule has 0 aliphatic heterocycles. The SMILES string of the molecule is C/C(=N/NC(=O)COc1ccc(Br)cc1C#N)c1ccc(Br)s1. The fraction of sp³-hybridized carbons (Fsp3) is 0.133. The Hall–Kier alpha value is -1.69. The van der Waals surface area contributed by atoms with Gasteiger partial charge in [0.25, 0.3) is 5.91 Å². The lowest BCUT2D eigenvalue weighted by molar-refractivity contribution is -0.123. The number of benzene rings is 1. The van der Waals surface area contributed by atoms with Crippen LogP contribution in [0, 0.1) is 11.3 Å². The number of nitrogens with zero attached hydrogens (tertiary/aromatic N) is 2. The van der Waals surface area contributed by atoms with Crippen LogP contribution in [0.4, 0.5) is 0 Å². The molecule has 1 heterocycles. The highest BCUT2D eigenvalue weighted by molar-refractivity contribution is 9.11. The van der Waals surface area contributed by atoms with E-state index in [0.29, 0.717) is 17.0 Å². The van der Waals surface area contributed by atoms with Crippen LogP contribution in [0.25, 0.3) is 0 Å². The van der Waals surface area contributed by atoms with Crippen LogP contribution >= 0.6 is 43.2 Å². The Bertz CT molecular complexity index is 796. The van der Waals surface area contributed by atoms with Gasteiger partial charge < -0.3 is 4.74 Å². The maximum Gasteiger partial charge on any atom is 0.277 e. The zero-order chi connectivity index (χ0) is 16.8. The van der Waals surface area contributed by atoms with Crippen LogP contribution in [0.5, 0.6) is 5.75 Å². The number of halogens is 2. The number of hydrazone groups is 1. The summed E-state index contributed by atoms with van der Waals surface area (Å²) in [5.41, 5.74) is 3.49. The van der Waals surface area contributed by atoms with Crippen molar-refractivity contribution < 1.29 is 9.53 Å². The van der Waals surface area contributed by atoms with E-state index >= 15 is 0 Å². The molecule has 0 bridgehead atoms. The highest BCUT2D eigenvalue weighted by atomic mass is 79.9. The first-order valence-corrected chi connectivity index (χ1v) is 8.81. The van der Waals surface area contributed by atoms with Crippen LogP contribution in [-0.2, 0) is 4.79 Å². The van der Waals surface area contributed by atoms with Crippen LogP contribution in [0.2, 0.25) is 0 Å². The van der Waals surface area contributed by atoms with Crippen molar-refractivity contribution >= 4 is 54.8 Å². The van der Waals surface area contributed by atoms with Crippen LogP contribution in [-0.4, -0.2) is 18.2 Å². The van der Waals surface area contributed by atoms with Gasteiger partial charge in [-0.1, -0.05) is 15.9 Å². The zero-order valence-electron chi connectivity index (χ0n) is 12.0. The standard InChI is InChI=1S/C15H11Br2N3O2S/c1-9(13-4-5-14(17)23-13)19-20-15(21)8-22-12-3-2-11(16)6-10(12)7-18/h2-6H,8H2,1H3,(H,20,21)/b19-9-. The number of rotatable bonds is 5. The maximum atomic E-state index is 11.8. The van der Waals surface area contributed by atoms with Gasteiger partial charge in [0.15, 0.2) is 6.61 Å². The van der Waals surface area contributed by atoms with Crippen molar-refractivity contribution in [1.82, 2.24) is 5.43 Å². The average Bonchev–Trinajstić information content (AvgIpc) is 2.97. The number of nitrogens with one attached hydrogen (secondary N) is 1. The monoisotopic (exact) mass is 455 g/mol. The third-order valence-electron chi connectivity index (χ3n) is 2.70. The summed E-state index contributed by atoms with van der Waals surface area (Å²) in [4.78, 5) is 12.7. The van der Waals surface area contributed by atoms with Crippen molar-refractivity contribution in [3.8, 4) is 11.8 Å². The number of hydrogen-bond acceptors (Lipinski definition) is 5. The molecule has 0 aliphatic rings. The highest BCUT2D eigenvalue weighted by Gasteiger charge is 2.08. The second kappa shape index (κ2) is 8.24. The molecule has 1 aromatic heterocycles. The van der Waals surface area contributed by atoms with E-state index in [0.717, 1.165) is 13.1 Å². The molecule has 0 atom stereocenters. The van der Waals surface area contributed by atoms with Crippen molar-refractivity contribution in [2.75, 3.05) is 6.61 Å². The third kappa shape index (κ3) is 5.16. The van der Waals surface area contributed by atoms with Crippen molar-refractivity contribution in [1.29, 1.82) is 5.26 Å². The van der Waals surface area contributed by atoms with Gasteiger partial charge in [0.1, 0.15) is 11.8 Å². The van der Waals surface area contributed by atoms with E-state index in [1.165, 1.54) is 11.3 Å². The minimum absolute atomic E-state index is 0.221. The Labute approximate surface area is 154 Å². The molecule has 1 amide bonds. The Balaban J connectivity index is 1.92. The molecule has 5 nitrogen and oxygen atoms in total. The number of hydrogen-bond donors (Lipinski definition) is 1. The van der Waals surface area contributed by atoms with Crippen LogP contribution < -0.4 is 10.2 Å². The third-order valence-corrected chi connectivity index (χ3v) is 4.92. The van der Waals surface area contributed by atoms with Gasteiger partial charge in [0, 0.05) is 4.47 Å². The van der Waals surface area contributed by atoms with Crippen molar-refractivity contribution in [2.45, 2.75) is 6.92 Å². The molecule has 0 saturated carbocycles. The van der Waals surface area contributed by atoms with E-state index in [4.69, 9.17) is 10.00 Å². The first kappa shape index (κ1) is 17.7. The maximum absolute atomic E-state index is 11.8. The van der Waals surface area contributed by atoms with Gasteiger partial charge in [-0.3, -0.25) is 4.79 Å². The van der Waals surface area contributed by atoms with Gasteiger partial charge in [0.05, 0.1) is 19.9 Å². The van der Waals surface area contributed by atoms with E-state index in [2.05, 4.69) is 42.4 Å². The molecule has 1 aromatic carbocycles. The van der Waals surface area contributed by atoms with Gasteiger partial charge in [-0.15, -0.1) is 11.3 Å². The highest BCUT2D eigenvalue weighted by Crippen LogP contribution is 2.23. The van der Waals surface area contributed by atoms with Crippen LogP contribution in [0.1, 0.15) is 17.4 Å². The number of nitriles is 1. The predicted molar refractivity (Wildman–Crippen MR) is 96.7 cm³/mol. The van der Waals surface area contributed by atoms with Crippen molar-refractivity contribution in [2.24, 2.45) is 5.10 Å².